The van der Waals surface area contributed by atoms with Gasteiger partial charge in [-0.15, -0.1) is 0 Å². The lowest BCUT2D eigenvalue weighted by atomic mass is 10.0. The Hall–Kier alpha value is -2.44. The Balaban J connectivity index is 2.09. The summed E-state index contributed by atoms with van der Waals surface area (Å²) >= 11 is 11.4. The monoisotopic (exact) mass is 358 g/mol. The van der Waals surface area contributed by atoms with Gasteiger partial charge in [0.05, 0.1) is 21.8 Å². The second kappa shape index (κ2) is 6.98. The smallest absolute Gasteiger partial charge is 0.272 e. The van der Waals surface area contributed by atoms with Crippen LogP contribution < -0.4 is 16.2 Å². The van der Waals surface area contributed by atoms with Crippen LogP contribution in [-0.2, 0) is 0 Å². The first-order chi connectivity index (χ1) is 11.6. The van der Waals surface area contributed by atoms with Crippen molar-refractivity contribution in [1.82, 2.24) is 15.5 Å². The summed E-state index contributed by atoms with van der Waals surface area (Å²) in [5.41, 5.74) is 1.97. The molecule has 1 heterocycles. The molecule has 3 N–H and O–H groups in total. The first-order valence-electron chi connectivity index (χ1n) is 7.42. The summed E-state index contributed by atoms with van der Waals surface area (Å²) in [6.07, 6.45) is 0. The molecule has 5 nitrogen and oxygen atoms in total. The molecule has 0 amide bonds. The Morgan fingerprint density at radius 3 is 2.75 bits per heavy atom. The number of thiocarbonyl (C=S) groups is 1. The minimum absolute atomic E-state index is 0.213. The minimum atomic E-state index is -0.213. The van der Waals surface area contributed by atoms with Crippen molar-refractivity contribution in [1.29, 1.82) is 0 Å². The van der Waals surface area contributed by atoms with Gasteiger partial charge in [-0.25, -0.2) is 5.10 Å². The quantitative estimate of drug-likeness (QED) is 0.625. The second-order valence-corrected chi connectivity index (χ2v) is 5.94. The van der Waals surface area contributed by atoms with Crippen LogP contribution >= 0.6 is 23.8 Å². The van der Waals surface area contributed by atoms with E-state index in [1.165, 1.54) is 0 Å². The topological polar surface area (TPSA) is 69.8 Å². The van der Waals surface area contributed by atoms with E-state index in [0.717, 1.165) is 17.5 Å². The van der Waals surface area contributed by atoms with Crippen LogP contribution in [0.25, 0.3) is 22.0 Å². The van der Waals surface area contributed by atoms with Crippen molar-refractivity contribution in [2.24, 2.45) is 0 Å². The van der Waals surface area contributed by atoms with Gasteiger partial charge in [0, 0.05) is 17.5 Å². The summed E-state index contributed by atoms with van der Waals surface area (Å²) in [5, 5.41) is 15.3. The number of aromatic nitrogens is 2. The van der Waals surface area contributed by atoms with E-state index in [1.54, 1.807) is 12.1 Å². The number of nitrogens with one attached hydrogen (secondary N) is 3. The number of fused-ring (bicyclic) bond motifs is 1. The summed E-state index contributed by atoms with van der Waals surface area (Å²) in [7, 11) is 0. The molecule has 0 aliphatic heterocycles. The van der Waals surface area contributed by atoms with Gasteiger partial charge in [0.15, 0.2) is 5.11 Å². The molecule has 0 spiro atoms. The predicted octanol–water partition coefficient (Wildman–Crippen LogP) is 3.55. The zero-order chi connectivity index (χ0) is 17.1. The highest BCUT2D eigenvalue weighted by atomic mass is 35.5. The van der Waals surface area contributed by atoms with Crippen LogP contribution in [0.1, 0.15) is 6.92 Å². The van der Waals surface area contributed by atoms with Gasteiger partial charge in [-0.3, -0.25) is 4.79 Å². The first-order valence-corrected chi connectivity index (χ1v) is 8.21. The molecule has 7 heteroatoms. The maximum atomic E-state index is 11.9. The van der Waals surface area contributed by atoms with Crippen molar-refractivity contribution in [3.8, 4) is 11.3 Å². The fourth-order valence-corrected chi connectivity index (χ4v) is 2.85. The molecule has 0 fully saturated rings. The van der Waals surface area contributed by atoms with Gasteiger partial charge in [0.2, 0.25) is 0 Å². The molecule has 0 atom stereocenters. The molecule has 2 aromatic carbocycles. The summed E-state index contributed by atoms with van der Waals surface area (Å²) in [5.74, 6) is 0. The molecule has 3 aromatic rings. The van der Waals surface area contributed by atoms with Crippen molar-refractivity contribution in [2.75, 3.05) is 11.9 Å². The number of rotatable bonds is 3. The molecule has 0 aliphatic rings. The summed E-state index contributed by atoms with van der Waals surface area (Å²) in [4.78, 5) is 11.9. The van der Waals surface area contributed by atoms with E-state index in [0.29, 0.717) is 26.9 Å². The fourth-order valence-electron chi connectivity index (χ4n) is 2.43. The highest BCUT2D eigenvalue weighted by Crippen LogP contribution is 2.30. The Kier molecular flexibility index (Phi) is 4.78. The van der Waals surface area contributed by atoms with Gasteiger partial charge < -0.3 is 10.6 Å². The number of nitrogens with zero attached hydrogens (tertiary/aromatic N) is 1. The fraction of sp³-hybridized carbons (Fsp3) is 0.118. The van der Waals surface area contributed by atoms with Gasteiger partial charge in [-0.05, 0) is 37.3 Å². The van der Waals surface area contributed by atoms with Crippen molar-refractivity contribution < 1.29 is 0 Å². The molecule has 0 bridgehead atoms. The summed E-state index contributed by atoms with van der Waals surface area (Å²) in [6.45, 7) is 2.68. The average Bonchev–Trinajstić information content (AvgIpc) is 2.58. The third-order valence-corrected chi connectivity index (χ3v) is 4.10. The normalized spacial score (nSPS) is 10.6. The standard InChI is InChI=1S/C17H15ClN4OS/c1-2-19-17(24)20-14-9-10(7-8-13(14)18)15-11-5-3-4-6-12(11)16(23)22-21-15/h3-9H,2H2,1H3,(H,22,23)(H2,19,20,24). The Morgan fingerprint density at radius 2 is 2.00 bits per heavy atom. The lowest BCUT2D eigenvalue weighted by molar-refractivity contribution is 0.979. The minimum Gasteiger partial charge on any atom is -0.363 e. The first kappa shape index (κ1) is 16.4. The molecular formula is C17H15ClN4OS. The molecule has 24 heavy (non-hydrogen) atoms. The van der Waals surface area contributed by atoms with Crippen LogP contribution in [0.4, 0.5) is 5.69 Å². The lowest BCUT2D eigenvalue weighted by Crippen LogP contribution is -2.28. The molecule has 0 saturated heterocycles. The highest BCUT2D eigenvalue weighted by Gasteiger charge is 2.11. The molecule has 0 radical (unpaired) electrons. The Labute approximate surface area is 149 Å². The molecule has 0 unspecified atom stereocenters. The van der Waals surface area contributed by atoms with E-state index < -0.39 is 0 Å². The van der Waals surface area contributed by atoms with E-state index in [-0.39, 0.29) is 5.56 Å². The number of aromatic amines is 1. The zero-order valence-electron chi connectivity index (χ0n) is 12.9. The average molecular weight is 359 g/mol. The SMILES string of the molecule is CCNC(=S)Nc1cc(-c2n[nH]c(=O)c3ccccc23)ccc1Cl. The van der Waals surface area contributed by atoms with E-state index in [4.69, 9.17) is 23.8 Å². The van der Waals surface area contributed by atoms with Crippen LogP contribution in [0.15, 0.2) is 47.3 Å². The molecule has 1 aromatic heterocycles. The van der Waals surface area contributed by atoms with E-state index in [1.807, 2.05) is 37.3 Å². The number of hydrogen-bond donors (Lipinski definition) is 3. The van der Waals surface area contributed by atoms with Crippen molar-refractivity contribution >= 4 is 45.4 Å². The van der Waals surface area contributed by atoms with Crippen molar-refractivity contribution in [3.05, 3.63) is 57.8 Å². The van der Waals surface area contributed by atoms with Crippen LogP contribution in [-0.4, -0.2) is 21.9 Å². The number of hydrogen-bond acceptors (Lipinski definition) is 3. The number of H-pyrrole nitrogens is 1. The Bertz CT molecular complexity index is 970. The summed E-state index contributed by atoms with van der Waals surface area (Å²) in [6, 6.07) is 12.8. The highest BCUT2D eigenvalue weighted by molar-refractivity contribution is 7.80. The molecule has 0 saturated carbocycles. The number of benzene rings is 2. The molecule has 3 rings (SSSR count). The molecule has 122 valence electrons. The van der Waals surface area contributed by atoms with E-state index >= 15 is 0 Å². The van der Waals surface area contributed by atoms with Crippen LogP contribution in [0, 0.1) is 0 Å². The van der Waals surface area contributed by atoms with Gasteiger partial charge in [0.25, 0.3) is 5.56 Å². The Morgan fingerprint density at radius 1 is 1.25 bits per heavy atom. The largest absolute Gasteiger partial charge is 0.363 e. The molecular weight excluding hydrogens is 344 g/mol. The molecule has 0 aliphatic carbocycles. The maximum Gasteiger partial charge on any atom is 0.272 e. The van der Waals surface area contributed by atoms with Gasteiger partial charge in [-0.2, -0.15) is 5.10 Å². The maximum absolute atomic E-state index is 11.9. The van der Waals surface area contributed by atoms with E-state index in [2.05, 4.69) is 20.8 Å². The van der Waals surface area contributed by atoms with Crippen LogP contribution in [0.2, 0.25) is 5.02 Å². The van der Waals surface area contributed by atoms with Gasteiger partial charge in [-0.1, -0.05) is 35.9 Å². The number of halogens is 1. The van der Waals surface area contributed by atoms with Gasteiger partial charge >= 0.3 is 0 Å². The van der Waals surface area contributed by atoms with Crippen LogP contribution in [0.3, 0.4) is 0 Å². The van der Waals surface area contributed by atoms with Crippen molar-refractivity contribution in [3.63, 3.8) is 0 Å². The van der Waals surface area contributed by atoms with Gasteiger partial charge in [0.1, 0.15) is 0 Å². The third kappa shape index (κ3) is 3.25. The zero-order valence-corrected chi connectivity index (χ0v) is 14.5. The van der Waals surface area contributed by atoms with Crippen LogP contribution in [0.5, 0.6) is 0 Å². The summed E-state index contributed by atoms with van der Waals surface area (Å²) < 4.78 is 0. The van der Waals surface area contributed by atoms with Crippen molar-refractivity contribution in [2.45, 2.75) is 6.92 Å². The lowest BCUT2D eigenvalue weighted by Gasteiger charge is -2.12. The third-order valence-electron chi connectivity index (χ3n) is 3.52. The van der Waals surface area contributed by atoms with E-state index in [9.17, 15) is 4.79 Å². The second-order valence-electron chi connectivity index (χ2n) is 5.13. The predicted molar refractivity (Wildman–Crippen MR) is 103 cm³/mol. The number of anilines is 1.